The van der Waals surface area contributed by atoms with Gasteiger partial charge in [0, 0.05) is 10.8 Å². The molecule has 6 aromatic rings. The molecular formula is C54H70Cl2O4SiZr-4. The van der Waals surface area contributed by atoms with Gasteiger partial charge in [-0.2, -0.15) is 12.1 Å². The van der Waals surface area contributed by atoms with Gasteiger partial charge in [-0.25, -0.2) is 0 Å². The van der Waals surface area contributed by atoms with Gasteiger partial charge in [-0.1, -0.05) is 127 Å². The molecule has 2 aliphatic rings. The van der Waals surface area contributed by atoms with Crippen molar-refractivity contribution in [2.24, 2.45) is 10.8 Å². The Balaban J connectivity index is 0.000000386. The van der Waals surface area contributed by atoms with E-state index in [0.29, 0.717) is 13.6 Å². The molecular weight excluding hydrogens is 903 g/mol. The summed E-state index contributed by atoms with van der Waals surface area (Å²) in [4.78, 5) is 0. The minimum atomic E-state index is 0. The monoisotopic (exact) mass is 970 g/mol. The van der Waals surface area contributed by atoms with Crippen molar-refractivity contribution < 1.29 is 42.3 Å². The summed E-state index contributed by atoms with van der Waals surface area (Å²) in [5, 5.41) is 5.33. The molecule has 0 unspecified atom stereocenters. The van der Waals surface area contributed by atoms with Gasteiger partial charge in [0.15, 0.2) is 0 Å². The van der Waals surface area contributed by atoms with Crippen molar-refractivity contribution in [3.8, 4) is 22.3 Å². The molecule has 0 aromatic heterocycles. The number of fused-ring (bicyclic) bond motifs is 2. The number of rotatable bonds is 8. The van der Waals surface area contributed by atoms with Crippen molar-refractivity contribution >= 4 is 53.2 Å². The van der Waals surface area contributed by atoms with E-state index in [1.165, 1.54) is 89.4 Å². The van der Waals surface area contributed by atoms with Gasteiger partial charge in [0.1, 0.15) is 13.6 Å². The van der Waals surface area contributed by atoms with E-state index in [4.69, 9.17) is 18.9 Å². The Bertz CT molecular complexity index is 2110. The molecule has 4 nitrogen and oxygen atoms in total. The molecule has 2 aliphatic heterocycles. The van der Waals surface area contributed by atoms with Crippen LogP contribution < -0.4 is 0 Å². The van der Waals surface area contributed by atoms with Crippen molar-refractivity contribution in [2.75, 3.05) is 40.0 Å². The molecule has 8 rings (SSSR count). The fourth-order valence-electron chi connectivity index (χ4n) is 8.97. The molecule has 2 radical (unpaired) electrons. The van der Waals surface area contributed by atoms with E-state index >= 15 is 0 Å². The zero-order valence-corrected chi connectivity index (χ0v) is 44.0. The van der Waals surface area contributed by atoms with Crippen molar-refractivity contribution in [2.45, 2.75) is 91.9 Å². The van der Waals surface area contributed by atoms with Crippen LogP contribution >= 0.6 is 24.8 Å². The standard InChI is InChI=1S/2C26H31O2.2CH3.2ClH.Si.Zr/c2*1-5-26(16-27-18-28-17-26)15-19-13-20-9-8-11-21(23(20)14-19)22-10-6-7-12-24(22)25(2,3)4;;;;;;/h2*6-14H,5,15-18H2,1-4H3;2*1H3;2*1H;;/q4*-1;;;;. The van der Waals surface area contributed by atoms with Gasteiger partial charge in [-0.3, -0.25) is 0 Å². The third kappa shape index (κ3) is 12.9. The summed E-state index contributed by atoms with van der Waals surface area (Å²) in [5.74, 6) is 0. The topological polar surface area (TPSA) is 36.9 Å². The molecule has 2 fully saturated rings. The molecule has 0 aliphatic carbocycles. The molecule has 0 saturated carbocycles. The second-order valence-corrected chi connectivity index (χ2v) is 18.6. The van der Waals surface area contributed by atoms with Crippen LogP contribution in [0.4, 0.5) is 0 Å². The van der Waals surface area contributed by atoms with Crippen LogP contribution in [0.25, 0.3) is 43.8 Å². The van der Waals surface area contributed by atoms with E-state index in [1.54, 1.807) is 0 Å². The third-order valence-corrected chi connectivity index (χ3v) is 12.3. The predicted octanol–water partition coefficient (Wildman–Crippen LogP) is 14.3. The SMILES string of the molecule is CCC1(Cc2cc3c(-c4ccccc4C(C)(C)C)cccc3[cH-]2)COCOC1.CCC1(Cc2cc3c(-c4ccccc4C(C)(C)C)cccc3[cH-]2)COCOC1.Cl.Cl.[CH3-].[CH3-].[Si]=[Zr]. The van der Waals surface area contributed by atoms with Gasteiger partial charge >= 0.3 is 30.2 Å². The van der Waals surface area contributed by atoms with Crippen LogP contribution in [-0.2, 0) is 66.0 Å². The fourth-order valence-corrected chi connectivity index (χ4v) is 8.97. The quantitative estimate of drug-likeness (QED) is 0.112. The Labute approximate surface area is 404 Å². The van der Waals surface area contributed by atoms with E-state index in [0.717, 1.165) is 52.1 Å². The van der Waals surface area contributed by atoms with Crippen molar-refractivity contribution in [3.63, 3.8) is 0 Å². The van der Waals surface area contributed by atoms with Crippen molar-refractivity contribution in [3.05, 3.63) is 146 Å². The Morgan fingerprint density at radius 3 is 1.16 bits per heavy atom. The van der Waals surface area contributed by atoms with E-state index in [-0.39, 0.29) is 61.3 Å². The second-order valence-electron chi connectivity index (χ2n) is 18.6. The molecule has 62 heavy (non-hydrogen) atoms. The van der Waals surface area contributed by atoms with Gasteiger partial charge in [-0.05, 0) is 58.8 Å². The Morgan fingerprint density at radius 1 is 0.516 bits per heavy atom. The van der Waals surface area contributed by atoms with Gasteiger partial charge < -0.3 is 33.8 Å². The summed E-state index contributed by atoms with van der Waals surface area (Å²) in [5.41, 5.74) is 11.3. The second kappa shape index (κ2) is 24.2. The molecule has 0 spiro atoms. The summed E-state index contributed by atoms with van der Waals surface area (Å²) in [7, 11) is 0. The maximum absolute atomic E-state index is 5.65. The van der Waals surface area contributed by atoms with Crippen LogP contribution in [0.2, 0.25) is 0 Å². The number of hydrogen-bond acceptors (Lipinski definition) is 4. The molecule has 0 atom stereocenters. The van der Waals surface area contributed by atoms with Crippen LogP contribution in [0.5, 0.6) is 0 Å². The first-order chi connectivity index (χ1) is 27.8. The van der Waals surface area contributed by atoms with E-state index in [1.807, 2.05) is 0 Å². The molecule has 6 aromatic carbocycles. The van der Waals surface area contributed by atoms with Gasteiger partial charge in [-0.15, -0.1) is 93.9 Å². The van der Waals surface area contributed by atoms with E-state index < -0.39 is 0 Å². The fraction of sp³-hybridized carbons (Fsp3) is 0.407. The summed E-state index contributed by atoms with van der Waals surface area (Å²) in [6.07, 6.45) is 4.12. The molecule has 0 N–H and O–H groups in total. The van der Waals surface area contributed by atoms with Crippen LogP contribution in [0, 0.1) is 25.7 Å². The number of ether oxygens (including phenoxy) is 4. The first kappa shape index (κ1) is 55.8. The molecule has 8 heteroatoms. The first-order valence-corrected chi connectivity index (χ1v) is 25.1. The van der Waals surface area contributed by atoms with Gasteiger partial charge in [0.2, 0.25) is 0 Å². The van der Waals surface area contributed by atoms with Crippen molar-refractivity contribution in [1.29, 1.82) is 0 Å². The third-order valence-electron chi connectivity index (χ3n) is 12.3. The molecule has 2 saturated heterocycles. The predicted molar refractivity (Wildman–Crippen MR) is 267 cm³/mol. The summed E-state index contributed by atoms with van der Waals surface area (Å²) < 4.78 is 22.6. The normalized spacial score (nSPS) is 15.5. The summed E-state index contributed by atoms with van der Waals surface area (Å²) in [6.45, 7) is 25.3. The molecule has 336 valence electrons. The van der Waals surface area contributed by atoms with Crippen LogP contribution in [0.15, 0.2) is 109 Å². The van der Waals surface area contributed by atoms with Gasteiger partial charge in [0.05, 0.1) is 26.4 Å². The molecule has 2 heterocycles. The minimum absolute atomic E-state index is 0. The average molecular weight is 973 g/mol. The van der Waals surface area contributed by atoms with Crippen LogP contribution in [-0.4, -0.2) is 46.9 Å². The van der Waals surface area contributed by atoms with E-state index in [9.17, 15) is 0 Å². The Kier molecular flexibility index (Phi) is 21.8. The Morgan fingerprint density at radius 2 is 0.839 bits per heavy atom. The van der Waals surface area contributed by atoms with Crippen molar-refractivity contribution in [1.82, 2.24) is 0 Å². The number of halogens is 2. The number of benzene rings is 4. The van der Waals surface area contributed by atoms with E-state index in [2.05, 4.69) is 171 Å². The maximum atomic E-state index is 5.65. The zero-order chi connectivity index (χ0) is 41.6. The van der Waals surface area contributed by atoms with Gasteiger partial charge in [0.25, 0.3) is 0 Å². The number of hydrogen-bond donors (Lipinski definition) is 0. The molecule has 0 bridgehead atoms. The zero-order valence-electron chi connectivity index (χ0n) is 38.9. The molecule has 0 amide bonds. The summed E-state index contributed by atoms with van der Waals surface area (Å²) >= 11 is 1.36. The van der Waals surface area contributed by atoms with Crippen LogP contribution in [0.3, 0.4) is 0 Å². The summed E-state index contributed by atoms with van der Waals surface area (Å²) in [6, 6.07) is 40.5. The average Bonchev–Trinajstić information content (AvgIpc) is 3.85. The Hall–Kier alpha value is -2.38. The van der Waals surface area contributed by atoms with Crippen LogP contribution in [0.1, 0.15) is 90.5 Å². The first-order valence-electron chi connectivity index (χ1n) is 21.0.